The predicted molar refractivity (Wildman–Crippen MR) is 70.4 cm³/mol. The van der Waals surface area contributed by atoms with Crippen LogP contribution in [0.1, 0.15) is 18.4 Å². The molecule has 1 aliphatic heterocycles. The highest BCUT2D eigenvalue weighted by atomic mass is 127. The second-order valence-electron chi connectivity index (χ2n) is 3.99. The fraction of sp³-hybridized carbons (Fsp3) is 0.500. The topological polar surface area (TPSA) is 12.5 Å². The minimum atomic E-state index is 0.400. The van der Waals surface area contributed by atoms with Crippen molar-refractivity contribution < 1.29 is 4.74 Å². The lowest BCUT2D eigenvalue weighted by Crippen LogP contribution is -2.32. The Morgan fingerprint density at radius 1 is 1.27 bits per heavy atom. The average molecular weight is 317 g/mol. The minimum Gasteiger partial charge on any atom is -0.490 e. The summed E-state index contributed by atoms with van der Waals surface area (Å²) in [4.78, 5) is 0. The second kappa shape index (κ2) is 5.16. The molecule has 1 aromatic rings. The highest BCUT2D eigenvalue weighted by Crippen LogP contribution is 2.23. The quantitative estimate of drug-likeness (QED) is 0.614. The van der Waals surface area contributed by atoms with Crippen LogP contribution in [-0.2, 0) is 0 Å². The molecular formula is C12H16INO. The lowest BCUT2D eigenvalue weighted by Gasteiger charge is -2.28. The molecule has 15 heavy (non-hydrogen) atoms. The second-order valence-corrected chi connectivity index (χ2v) is 5.36. The van der Waals surface area contributed by atoms with Gasteiger partial charge in [0.25, 0.3) is 0 Å². The molecule has 0 spiro atoms. The van der Waals surface area contributed by atoms with Gasteiger partial charge in [-0.3, -0.25) is 0 Å². The summed E-state index contributed by atoms with van der Waals surface area (Å²) < 4.78 is 8.33. The Bertz CT molecular complexity index is 321. The molecule has 0 unspecified atom stereocenters. The summed E-state index contributed by atoms with van der Waals surface area (Å²) in [6, 6.07) is 8.25. The lowest BCUT2D eigenvalue weighted by atomic mass is 10.1. The van der Waals surface area contributed by atoms with Gasteiger partial charge in [-0.1, -0.05) is 18.2 Å². The molecule has 2 rings (SSSR count). The van der Waals surface area contributed by atoms with Crippen molar-refractivity contribution in [3.63, 3.8) is 0 Å². The van der Waals surface area contributed by atoms with Gasteiger partial charge in [-0.2, -0.15) is 0 Å². The Balaban J connectivity index is 1.95. The molecule has 1 fully saturated rings. The van der Waals surface area contributed by atoms with Gasteiger partial charge in [0.1, 0.15) is 11.9 Å². The highest BCUT2D eigenvalue weighted by molar-refractivity contribution is 14.1. The molecule has 0 aliphatic carbocycles. The maximum absolute atomic E-state index is 6.00. The highest BCUT2D eigenvalue weighted by Gasteiger charge is 2.19. The minimum absolute atomic E-state index is 0.400. The van der Waals surface area contributed by atoms with Crippen LogP contribution in [0.3, 0.4) is 0 Å². The molecule has 3 heteroatoms. The van der Waals surface area contributed by atoms with Crippen molar-refractivity contribution in [3.05, 3.63) is 29.8 Å². The molecule has 0 aromatic heterocycles. The number of aryl methyl sites for hydroxylation is 1. The van der Waals surface area contributed by atoms with Crippen molar-refractivity contribution >= 4 is 22.9 Å². The Labute approximate surface area is 105 Å². The van der Waals surface area contributed by atoms with Crippen LogP contribution < -0.4 is 4.74 Å². The number of piperidine rings is 1. The number of benzene rings is 1. The molecule has 0 N–H and O–H groups in total. The van der Waals surface area contributed by atoms with Crippen LogP contribution in [0.25, 0.3) is 0 Å². The molecule has 0 radical (unpaired) electrons. The van der Waals surface area contributed by atoms with Crippen molar-refractivity contribution in [2.45, 2.75) is 25.9 Å². The van der Waals surface area contributed by atoms with E-state index < -0.39 is 0 Å². The van der Waals surface area contributed by atoms with E-state index in [1.807, 2.05) is 6.07 Å². The number of hydrogen-bond donors (Lipinski definition) is 0. The van der Waals surface area contributed by atoms with Crippen molar-refractivity contribution in [2.75, 3.05) is 13.1 Å². The standard InChI is InChI=1S/C12H16INO/c1-10-4-2-3-5-12(10)15-11-6-8-14(13)9-7-11/h2-5,11H,6-9H2,1H3. The first-order chi connectivity index (χ1) is 7.25. The Morgan fingerprint density at radius 3 is 2.60 bits per heavy atom. The fourth-order valence-corrected chi connectivity index (χ4v) is 2.37. The first-order valence-corrected chi connectivity index (χ1v) is 6.35. The van der Waals surface area contributed by atoms with Crippen LogP contribution in [0.15, 0.2) is 24.3 Å². The molecule has 82 valence electrons. The number of hydrogen-bond acceptors (Lipinski definition) is 2. The van der Waals surface area contributed by atoms with Crippen LogP contribution in [0.5, 0.6) is 5.75 Å². The third kappa shape index (κ3) is 3.08. The molecule has 0 saturated carbocycles. The van der Waals surface area contributed by atoms with Crippen molar-refractivity contribution in [3.8, 4) is 5.75 Å². The Kier molecular flexibility index (Phi) is 3.86. The maximum Gasteiger partial charge on any atom is 0.122 e. The van der Waals surface area contributed by atoms with Gasteiger partial charge in [0.2, 0.25) is 0 Å². The smallest absolute Gasteiger partial charge is 0.122 e. The van der Waals surface area contributed by atoms with E-state index in [0.717, 1.165) is 31.7 Å². The molecule has 2 nitrogen and oxygen atoms in total. The zero-order chi connectivity index (χ0) is 10.7. The Morgan fingerprint density at radius 2 is 1.93 bits per heavy atom. The zero-order valence-corrected chi connectivity index (χ0v) is 11.1. The summed E-state index contributed by atoms with van der Waals surface area (Å²) >= 11 is 2.38. The monoisotopic (exact) mass is 317 g/mol. The summed E-state index contributed by atoms with van der Waals surface area (Å²) in [6.45, 7) is 4.37. The van der Waals surface area contributed by atoms with Crippen LogP contribution in [-0.4, -0.2) is 22.3 Å². The van der Waals surface area contributed by atoms with Gasteiger partial charge >= 0.3 is 0 Å². The van der Waals surface area contributed by atoms with Gasteiger partial charge in [0.05, 0.1) is 0 Å². The molecule has 0 atom stereocenters. The van der Waals surface area contributed by atoms with Gasteiger partial charge in [-0.15, -0.1) is 0 Å². The summed E-state index contributed by atoms with van der Waals surface area (Å²) in [5.41, 5.74) is 1.23. The third-order valence-electron chi connectivity index (χ3n) is 2.77. The van der Waals surface area contributed by atoms with Gasteiger partial charge in [-0.25, -0.2) is 3.11 Å². The largest absolute Gasteiger partial charge is 0.490 e. The van der Waals surface area contributed by atoms with Crippen LogP contribution in [0.4, 0.5) is 0 Å². The average Bonchev–Trinajstić information content (AvgIpc) is 2.25. The molecule has 0 amide bonds. The summed E-state index contributed by atoms with van der Waals surface area (Å²) in [7, 11) is 0. The summed E-state index contributed by atoms with van der Waals surface area (Å²) in [5, 5.41) is 0. The maximum atomic E-state index is 6.00. The van der Waals surface area contributed by atoms with Crippen LogP contribution in [0, 0.1) is 6.92 Å². The fourth-order valence-electron chi connectivity index (χ4n) is 1.81. The molecule has 1 aromatic carbocycles. The van der Waals surface area contributed by atoms with Crippen molar-refractivity contribution in [2.24, 2.45) is 0 Å². The van der Waals surface area contributed by atoms with E-state index in [4.69, 9.17) is 4.74 Å². The lowest BCUT2D eigenvalue weighted by molar-refractivity contribution is 0.143. The number of ether oxygens (including phenoxy) is 1. The van der Waals surface area contributed by atoms with Gasteiger partial charge in [0.15, 0.2) is 0 Å². The van der Waals surface area contributed by atoms with E-state index >= 15 is 0 Å². The Hall–Kier alpha value is -0.290. The molecular weight excluding hydrogens is 301 g/mol. The normalized spacial score (nSPS) is 19.1. The number of halogens is 1. The predicted octanol–water partition coefficient (Wildman–Crippen LogP) is 3.19. The van der Waals surface area contributed by atoms with E-state index in [-0.39, 0.29) is 0 Å². The van der Waals surface area contributed by atoms with Gasteiger partial charge in [-0.05, 0) is 31.4 Å². The number of para-hydroxylation sites is 1. The van der Waals surface area contributed by atoms with Crippen molar-refractivity contribution in [1.82, 2.24) is 3.11 Å². The van der Waals surface area contributed by atoms with Crippen LogP contribution >= 0.6 is 22.9 Å². The summed E-state index contributed by atoms with van der Waals surface area (Å²) in [6.07, 6.45) is 2.67. The SMILES string of the molecule is Cc1ccccc1OC1CCN(I)CC1. The first-order valence-electron chi connectivity index (χ1n) is 5.39. The summed E-state index contributed by atoms with van der Waals surface area (Å²) in [5.74, 6) is 1.05. The van der Waals surface area contributed by atoms with E-state index in [1.165, 1.54) is 5.56 Å². The van der Waals surface area contributed by atoms with Crippen LogP contribution in [0.2, 0.25) is 0 Å². The van der Waals surface area contributed by atoms with E-state index in [9.17, 15) is 0 Å². The van der Waals surface area contributed by atoms with E-state index in [2.05, 4.69) is 51.1 Å². The molecule has 1 aliphatic rings. The third-order valence-corrected chi connectivity index (χ3v) is 3.74. The number of nitrogens with zero attached hydrogens (tertiary/aromatic N) is 1. The van der Waals surface area contributed by atoms with Crippen molar-refractivity contribution in [1.29, 1.82) is 0 Å². The number of rotatable bonds is 2. The van der Waals surface area contributed by atoms with Gasteiger partial charge < -0.3 is 4.74 Å². The molecule has 1 saturated heterocycles. The van der Waals surface area contributed by atoms with E-state index in [0.29, 0.717) is 6.10 Å². The van der Waals surface area contributed by atoms with Gasteiger partial charge in [0, 0.05) is 36.0 Å². The first kappa shape index (κ1) is 11.2. The molecule has 1 heterocycles. The zero-order valence-electron chi connectivity index (χ0n) is 8.95. The molecule has 0 bridgehead atoms. The van der Waals surface area contributed by atoms with E-state index in [1.54, 1.807) is 0 Å².